The minimum Gasteiger partial charge on any atom is -0.479 e. The molecule has 1 saturated carbocycles. The molecule has 1 fully saturated rings. The number of carboxylic acids is 1. The molecule has 1 N–H and O–H groups in total. The quantitative estimate of drug-likeness (QED) is 0.767. The Morgan fingerprint density at radius 1 is 1.47 bits per heavy atom. The fourth-order valence-electron chi connectivity index (χ4n) is 2.59. The smallest absolute Gasteiger partial charge is 0.335 e. The molecule has 0 aromatic carbocycles. The number of carbonyl (C=O) groups is 1. The van der Waals surface area contributed by atoms with E-state index in [1.54, 1.807) is 6.08 Å². The molecule has 0 spiro atoms. The van der Waals surface area contributed by atoms with E-state index >= 15 is 0 Å². The highest BCUT2D eigenvalue weighted by Crippen LogP contribution is 2.42. The van der Waals surface area contributed by atoms with Gasteiger partial charge in [-0.25, -0.2) is 4.79 Å². The molecule has 0 aromatic heterocycles. The predicted octanol–water partition coefficient (Wildman–Crippen LogP) is 3.25. The number of aliphatic carboxylic acids is 1. The van der Waals surface area contributed by atoms with Crippen LogP contribution in [0.4, 0.5) is 0 Å². The van der Waals surface area contributed by atoms with E-state index in [9.17, 15) is 9.90 Å². The molecular weight excluding hydrogens is 216 g/mol. The highest BCUT2D eigenvalue weighted by molar-refractivity contribution is 5.77. The van der Waals surface area contributed by atoms with Gasteiger partial charge in [0, 0.05) is 0 Å². The van der Waals surface area contributed by atoms with Gasteiger partial charge in [-0.15, -0.1) is 6.58 Å². The number of hydrogen-bond donors (Lipinski definition) is 1. The lowest BCUT2D eigenvalue weighted by atomic mass is 9.68. The van der Waals surface area contributed by atoms with Crippen molar-refractivity contribution in [1.82, 2.24) is 0 Å². The van der Waals surface area contributed by atoms with E-state index in [2.05, 4.69) is 27.4 Å². The summed E-state index contributed by atoms with van der Waals surface area (Å²) in [5.74, 6) is -0.242. The van der Waals surface area contributed by atoms with Crippen LogP contribution in [0.1, 0.15) is 46.5 Å². The molecule has 1 aliphatic rings. The summed E-state index contributed by atoms with van der Waals surface area (Å²) < 4.78 is 5.52. The monoisotopic (exact) mass is 240 g/mol. The molecule has 0 unspecified atom stereocenters. The maximum atomic E-state index is 11.4. The van der Waals surface area contributed by atoms with Crippen molar-refractivity contribution >= 4 is 5.97 Å². The molecule has 17 heavy (non-hydrogen) atoms. The molecule has 0 saturated heterocycles. The maximum Gasteiger partial charge on any atom is 0.335 e. The minimum absolute atomic E-state index is 0.253. The van der Waals surface area contributed by atoms with E-state index in [4.69, 9.17) is 4.74 Å². The zero-order chi connectivity index (χ0) is 13.1. The molecule has 0 aliphatic heterocycles. The molecule has 1 rings (SSSR count). The fraction of sp³-hybridized carbons (Fsp3) is 0.786. The summed E-state index contributed by atoms with van der Waals surface area (Å²) in [5, 5.41) is 9.35. The fourth-order valence-corrected chi connectivity index (χ4v) is 2.59. The number of rotatable bonds is 4. The number of ether oxygens (including phenoxy) is 1. The van der Waals surface area contributed by atoms with Crippen LogP contribution in [0.5, 0.6) is 0 Å². The van der Waals surface area contributed by atoms with E-state index in [1.165, 1.54) is 0 Å². The second-order valence-corrected chi connectivity index (χ2v) is 6.04. The summed E-state index contributed by atoms with van der Waals surface area (Å²) in [5.41, 5.74) is -0.723. The van der Waals surface area contributed by atoms with Gasteiger partial charge in [-0.1, -0.05) is 26.8 Å². The van der Waals surface area contributed by atoms with Gasteiger partial charge in [0.1, 0.15) is 0 Å². The van der Waals surface area contributed by atoms with Crippen molar-refractivity contribution in [3.63, 3.8) is 0 Å². The minimum atomic E-state index is -0.976. The van der Waals surface area contributed by atoms with Crippen molar-refractivity contribution in [2.24, 2.45) is 11.3 Å². The third-order valence-electron chi connectivity index (χ3n) is 3.89. The van der Waals surface area contributed by atoms with Crippen molar-refractivity contribution in [3.8, 4) is 0 Å². The number of hydrogen-bond acceptors (Lipinski definition) is 2. The van der Waals surface area contributed by atoms with E-state index < -0.39 is 11.6 Å². The van der Waals surface area contributed by atoms with E-state index in [-0.39, 0.29) is 5.41 Å². The van der Waals surface area contributed by atoms with Gasteiger partial charge in [-0.2, -0.15) is 0 Å². The lowest BCUT2D eigenvalue weighted by Gasteiger charge is -2.41. The molecule has 0 aromatic rings. The molecule has 0 bridgehead atoms. The summed E-state index contributed by atoms with van der Waals surface area (Å²) >= 11 is 0. The Hall–Kier alpha value is -0.830. The molecular formula is C14H24O3. The zero-order valence-electron chi connectivity index (χ0n) is 11.2. The van der Waals surface area contributed by atoms with Crippen LogP contribution in [0, 0.1) is 11.3 Å². The first-order chi connectivity index (χ1) is 7.82. The number of carboxylic acid groups (broad SMARTS) is 1. The van der Waals surface area contributed by atoms with Crippen LogP contribution in [0.2, 0.25) is 0 Å². The van der Waals surface area contributed by atoms with Crippen molar-refractivity contribution in [2.75, 3.05) is 6.61 Å². The van der Waals surface area contributed by atoms with Crippen molar-refractivity contribution in [2.45, 2.75) is 52.1 Å². The molecule has 0 atom stereocenters. The molecule has 0 heterocycles. The molecule has 3 nitrogen and oxygen atoms in total. The van der Waals surface area contributed by atoms with Crippen molar-refractivity contribution in [3.05, 3.63) is 12.7 Å². The van der Waals surface area contributed by atoms with E-state index in [1.807, 2.05) is 0 Å². The molecule has 0 radical (unpaired) electrons. The summed E-state index contributed by atoms with van der Waals surface area (Å²) in [4.78, 5) is 11.4. The molecule has 0 amide bonds. The third-order valence-corrected chi connectivity index (χ3v) is 3.89. The van der Waals surface area contributed by atoms with Crippen LogP contribution in [0.15, 0.2) is 12.7 Å². The van der Waals surface area contributed by atoms with Crippen molar-refractivity contribution < 1.29 is 14.6 Å². The van der Waals surface area contributed by atoms with Crippen LogP contribution in [-0.4, -0.2) is 23.3 Å². The first-order valence-corrected chi connectivity index (χ1v) is 6.30. The van der Waals surface area contributed by atoms with Gasteiger partial charge < -0.3 is 9.84 Å². The van der Waals surface area contributed by atoms with Crippen LogP contribution in [0.25, 0.3) is 0 Å². The Morgan fingerprint density at radius 2 is 2.00 bits per heavy atom. The molecule has 1 aliphatic carbocycles. The second kappa shape index (κ2) is 5.21. The topological polar surface area (TPSA) is 46.5 Å². The summed E-state index contributed by atoms with van der Waals surface area (Å²) in [6, 6.07) is 0. The maximum absolute atomic E-state index is 11.4. The second-order valence-electron chi connectivity index (χ2n) is 6.04. The first-order valence-electron chi connectivity index (χ1n) is 6.30. The summed E-state index contributed by atoms with van der Waals surface area (Å²) in [6.45, 7) is 10.5. The lowest BCUT2D eigenvalue weighted by molar-refractivity contribution is -0.171. The zero-order valence-corrected chi connectivity index (χ0v) is 11.2. The van der Waals surface area contributed by atoms with Crippen LogP contribution < -0.4 is 0 Å². The Bertz CT molecular complexity index is 280. The Kier molecular flexibility index (Phi) is 4.36. The van der Waals surface area contributed by atoms with Crippen molar-refractivity contribution in [1.29, 1.82) is 0 Å². The highest BCUT2D eigenvalue weighted by atomic mass is 16.5. The lowest BCUT2D eigenvalue weighted by Crippen LogP contribution is -2.46. The van der Waals surface area contributed by atoms with Gasteiger partial charge >= 0.3 is 5.97 Å². The first kappa shape index (κ1) is 14.2. The highest BCUT2D eigenvalue weighted by Gasteiger charge is 2.44. The van der Waals surface area contributed by atoms with E-state index in [0.29, 0.717) is 25.4 Å². The standard InChI is InChI=1S/C14H24O3/c1-5-10-17-14(12(15)16)8-6-11(7-9-14)13(2,3)4/h5,11H,1,6-10H2,2-4H3,(H,15,16). The van der Waals surface area contributed by atoms with E-state index in [0.717, 1.165) is 12.8 Å². The largest absolute Gasteiger partial charge is 0.479 e. The van der Waals surface area contributed by atoms with Gasteiger partial charge in [0.15, 0.2) is 5.60 Å². The third kappa shape index (κ3) is 3.32. The van der Waals surface area contributed by atoms with Crippen LogP contribution in [-0.2, 0) is 9.53 Å². The Morgan fingerprint density at radius 3 is 2.35 bits per heavy atom. The van der Waals surface area contributed by atoms with Gasteiger partial charge in [0.2, 0.25) is 0 Å². The molecule has 98 valence electrons. The normalized spacial score (nSPS) is 29.9. The predicted molar refractivity (Wildman–Crippen MR) is 67.9 cm³/mol. The summed E-state index contributed by atoms with van der Waals surface area (Å²) in [7, 11) is 0. The Labute approximate surface area is 104 Å². The Balaban J connectivity index is 2.67. The van der Waals surface area contributed by atoms with Crippen LogP contribution >= 0.6 is 0 Å². The molecule has 3 heteroatoms. The average molecular weight is 240 g/mol. The van der Waals surface area contributed by atoms with Gasteiger partial charge in [-0.3, -0.25) is 0 Å². The van der Waals surface area contributed by atoms with Gasteiger partial charge in [-0.05, 0) is 37.0 Å². The van der Waals surface area contributed by atoms with Gasteiger partial charge in [0.25, 0.3) is 0 Å². The SMILES string of the molecule is C=CCOC1(C(=O)O)CCC(C(C)(C)C)CC1. The summed E-state index contributed by atoms with van der Waals surface area (Å²) in [6.07, 6.45) is 4.68. The average Bonchev–Trinajstić information content (AvgIpc) is 2.25. The van der Waals surface area contributed by atoms with Crippen LogP contribution in [0.3, 0.4) is 0 Å². The van der Waals surface area contributed by atoms with Gasteiger partial charge in [0.05, 0.1) is 6.61 Å².